The van der Waals surface area contributed by atoms with E-state index in [0.717, 1.165) is 23.1 Å². The van der Waals surface area contributed by atoms with E-state index in [2.05, 4.69) is 21.2 Å². The van der Waals surface area contributed by atoms with Gasteiger partial charge in [0.2, 0.25) is 0 Å². The number of amides is 1. The third kappa shape index (κ3) is 5.41. The summed E-state index contributed by atoms with van der Waals surface area (Å²) in [5.74, 6) is 0.759. The van der Waals surface area contributed by atoms with Gasteiger partial charge in [0.25, 0.3) is 0 Å². The highest BCUT2D eigenvalue weighted by molar-refractivity contribution is 9.09. The van der Waals surface area contributed by atoms with Crippen molar-refractivity contribution in [2.45, 2.75) is 38.8 Å². The van der Waals surface area contributed by atoms with Crippen molar-refractivity contribution in [2.75, 3.05) is 12.4 Å². The molecule has 0 heterocycles. The van der Waals surface area contributed by atoms with Crippen molar-refractivity contribution in [1.29, 1.82) is 0 Å². The van der Waals surface area contributed by atoms with Crippen molar-refractivity contribution in [3.63, 3.8) is 0 Å². The second kappa shape index (κ2) is 7.53. The molecular formula is C15H22BrNO3. The molecule has 0 aromatic heterocycles. The van der Waals surface area contributed by atoms with Gasteiger partial charge in [-0.25, -0.2) is 4.79 Å². The Morgan fingerprint density at radius 2 is 2.00 bits per heavy atom. The molecule has 0 fully saturated rings. The number of hydrogen-bond acceptors (Lipinski definition) is 3. The second-order valence-electron chi connectivity index (χ2n) is 5.42. The first-order valence-corrected chi connectivity index (χ1v) is 7.68. The highest BCUT2D eigenvalue weighted by Crippen LogP contribution is 2.27. The summed E-state index contributed by atoms with van der Waals surface area (Å²) in [5.41, 5.74) is 0.435. The number of ether oxygens (including phenoxy) is 2. The molecule has 0 saturated heterocycles. The van der Waals surface area contributed by atoms with Crippen molar-refractivity contribution in [2.24, 2.45) is 0 Å². The van der Waals surface area contributed by atoms with Crippen molar-refractivity contribution in [3.8, 4) is 5.75 Å². The van der Waals surface area contributed by atoms with E-state index in [1.807, 2.05) is 45.0 Å². The van der Waals surface area contributed by atoms with Crippen LogP contribution in [0.25, 0.3) is 0 Å². The monoisotopic (exact) mass is 343 g/mol. The standard InChI is InChI=1S/C15H22BrNO3/c1-15(2,3)20-14(18)17-12(9-10-16)11-7-5-6-8-13(11)19-4/h5-8,12H,9-10H2,1-4H3,(H,17,18). The lowest BCUT2D eigenvalue weighted by atomic mass is 10.0. The van der Waals surface area contributed by atoms with E-state index >= 15 is 0 Å². The van der Waals surface area contributed by atoms with Gasteiger partial charge >= 0.3 is 6.09 Å². The SMILES string of the molecule is COc1ccccc1C(CCBr)NC(=O)OC(C)(C)C. The molecule has 5 heteroatoms. The Kier molecular flexibility index (Phi) is 6.33. The molecular weight excluding hydrogens is 322 g/mol. The maximum absolute atomic E-state index is 11.9. The van der Waals surface area contributed by atoms with Gasteiger partial charge in [0.05, 0.1) is 13.2 Å². The molecule has 1 unspecified atom stereocenters. The van der Waals surface area contributed by atoms with Crippen LogP contribution in [0.15, 0.2) is 24.3 Å². The summed E-state index contributed by atoms with van der Waals surface area (Å²) in [6, 6.07) is 7.51. The van der Waals surface area contributed by atoms with Gasteiger partial charge in [-0.2, -0.15) is 0 Å². The van der Waals surface area contributed by atoms with Gasteiger partial charge in [-0.1, -0.05) is 34.1 Å². The fourth-order valence-electron chi connectivity index (χ4n) is 1.82. The van der Waals surface area contributed by atoms with Crippen LogP contribution in [0.5, 0.6) is 5.75 Å². The number of halogens is 1. The molecule has 0 bridgehead atoms. The summed E-state index contributed by atoms with van der Waals surface area (Å²) in [6.45, 7) is 5.53. The van der Waals surface area contributed by atoms with Crippen LogP contribution in [-0.4, -0.2) is 24.1 Å². The maximum Gasteiger partial charge on any atom is 0.408 e. The van der Waals surface area contributed by atoms with E-state index in [0.29, 0.717) is 0 Å². The van der Waals surface area contributed by atoms with Crippen LogP contribution in [-0.2, 0) is 4.74 Å². The van der Waals surface area contributed by atoms with Gasteiger partial charge < -0.3 is 14.8 Å². The van der Waals surface area contributed by atoms with Crippen LogP contribution in [0.4, 0.5) is 4.79 Å². The van der Waals surface area contributed by atoms with Crippen molar-refractivity contribution in [1.82, 2.24) is 5.32 Å². The van der Waals surface area contributed by atoms with Gasteiger partial charge in [0, 0.05) is 10.9 Å². The quantitative estimate of drug-likeness (QED) is 0.820. The van der Waals surface area contributed by atoms with Crippen LogP contribution in [0.2, 0.25) is 0 Å². The van der Waals surface area contributed by atoms with Crippen LogP contribution < -0.4 is 10.1 Å². The molecule has 1 rings (SSSR count). The van der Waals surface area contributed by atoms with Crippen molar-refractivity contribution < 1.29 is 14.3 Å². The molecule has 112 valence electrons. The number of methoxy groups -OCH3 is 1. The normalized spacial score (nSPS) is 12.7. The van der Waals surface area contributed by atoms with Gasteiger partial charge in [0.1, 0.15) is 11.4 Å². The summed E-state index contributed by atoms with van der Waals surface area (Å²) in [4.78, 5) is 11.9. The van der Waals surface area contributed by atoms with Crippen LogP contribution in [0, 0.1) is 0 Å². The second-order valence-corrected chi connectivity index (χ2v) is 6.21. The lowest BCUT2D eigenvalue weighted by Crippen LogP contribution is -2.35. The first-order chi connectivity index (χ1) is 9.37. The number of nitrogens with one attached hydrogen (secondary N) is 1. The first-order valence-electron chi connectivity index (χ1n) is 6.55. The number of hydrogen-bond donors (Lipinski definition) is 1. The number of para-hydroxylation sites is 1. The van der Waals surface area contributed by atoms with Gasteiger partial charge in [0.15, 0.2) is 0 Å². The van der Waals surface area contributed by atoms with E-state index in [9.17, 15) is 4.79 Å². The number of carbonyl (C=O) groups is 1. The van der Waals surface area contributed by atoms with E-state index in [1.165, 1.54) is 0 Å². The summed E-state index contributed by atoms with van der Waals surface area (Å²) in [5, 5.41) is 3.66. The largest absolute Gasteiger partial charge is 0.496 e. The molecule has 1 atom stereocenters. The minimum absolute atomic E-state index is 0.152. The number of benzene rings is 1. The molecule has 0 aliphatic carbocycles. The molecule has 0 aliphatic heterocycles. The molecule has 4 nitrogen and oxygen atoms in total. The average Bonchev–Trinajstić information content (AvgIpc) is 2.36. The maximum atomic E-state index is 11.9. The number of carbonyl (C=O) groups excluding carboxylic acids is 1. The predicted molar refractivity (Wildman–Crippen MR) is 83.5 cm³/mol. The molecule has 0 radical (unpaired) electrons. The van der Waals surface area contributed by atoms with Crippen molar-refractivity contribution >= 4 is 22.0 Å². The predicted octanol–water partition coefficient (Wildman–Crippen LogP) is 4.05. The molecule has 0 aliphatic rings. The Morgan fingerprint density at radius 3 is 2.55 bits per heavy atom. The molecule has 0 spiro atoms. The summed E-state index contributed by atoms with van der Waals surface area (Å²) < 4.78 is 10.7. The Hall–Kier alpha value is -1.23. The number of rotatable bonds is 5. The van der Waals surface area contributed by atoms with E-state index in [4.69, 9.17) is 9.47 Å². The highest BCUT2D eigenvalue weighted by Gasteiger charge is 2.22. The Labute approximate surface area is 129 Å². The minimum Gasteiger partial charge on any atom is -0.496 e. The third-order valence-corrected chi connectivity index (χ3v) is 3.06. The van der Waals surface area contributed by atoms with Crippen LogP contribution in [0.3, 0.4) is 0 Å². The third-order valence-electron chi connectivity index (χ3n) is 2.60. The van der Waals surface area contributed by atoms with E-state index in [-0.39, 0.29) is 6.04 Å². The smallest absolute Gasteiger partial charge is 0.408 e. The summed E-state index contributed by atoms with van der Waals surface area (Å²) >= 11 is 3.41. The molecule has 20 heavy (non-hydrogen) atoms. The summed E-state index contributed by atoms with van der Waals surface area (Å²) in [7, 11) is 1.62. The molecule has 0 saturated carbocycles. The zero-order valence-corrected chi connectivity index (χ0v) is 14.0. The lowest BCUT2D eigenvalue weighted by molar-refractivity contribution is 0.0502. The number of alkyl halides is 1. The van der Waals surface area contributed by atoms with Gasteiger partial charge in [-0.3, -0.25) is 0 Å². The zero-order chi connectivity index (χ0) is 15.2. The first kappa shape index (κ1) is 16.8. The fourth-order valence-corrected chi connectivity index (χ4v) is 2.28. The fraction of sp³-hybridized carbons (Fsp3) is 0.533. The average molecular weight is 344 g/mol. The Bertz CT molecular complexity index is 443. The number of alkyl carbamates (subject to hydrolysis) is 1. The van der Waals surface area contributed by atoms with Crippen LogP contribution in [0.1, 0.15) is 38.8 Å². The summed E-state index contributed by atoms with van der Waals surface area (Å²) in [6.07, 6.45) is 0.328. The van der Waals surface area contributed by atoms with Gasteiger partial charge in [-0.15, -0.1) is 0 Å². The lowest BCUT2D eigenvalue weighted by Gasteiger charge is -2.24. The van der Waals surface area contributed by atoms with E-state index < -0.39 is 11.7 Å². The molecule has 1 N–H and O–H groups in total. The highest BCUT2D eigenvalue weighted by atomic mass is 79.9. The minimum atomic E-state index is -0.510. The van der Waals surface area contributed by atoms with Crippen molar-refractivity contribution in [3.05, 3.63) is 29.8 Å². The topological polar surface area (TPSA) is 47.6 Å². The molecule has 1 aromatic carbocycles. The molecule has 1 aromatic rings. The van der Waals surface area contributed by atoms with E-state index in [1.54, 1.807) is 7.11 Å². The van der Waals surface area contributed by atoms with Crippen LogP contribution >= 0.6 is 15.9 Å². The molecule has 1 amide bonds. The zero-order valence-electron chi connectivity index (χ0n) is 12.4. The Balaban J connectivity index is 2.86. The van der Waals surface area contributed by atoms with Gasteiger partial charge in [-0.05, 0) is 33.3 Å². The Morgan fingerprint density at radius 1 is 1.35 bits per heavy atom.